The van der Waals surface area contributed by atoms with Gasteiger partial charge in [0.15, 0.2) is 11.7 Å². The fraction of sp³-hybridized carbons (Fsp3) is 0.273. The van der Waals surface area contributed by atoms with E-state index in [-0.39, 0.29) is 11.9 Å². The average Bonchev–Trinajstić information content (AvgIpc) is 3.10. The average molecular weight is 348 g/mol. The van der Waals surface area contributed by atoms with Crippen LogP contribution in [-0.2, 0) is 11.2 Å². The van der Waals surface area contributed by atoms with Crippen molar-refractivity contribution in [2.45, 2.75) is 39.7 Å². The number of oxazole rings is 1. The van der Waals surface area contributed by atoms with Gasteiger partial charge >= 0.3 is 0 Å². The third kappa shape index (κ3) is 4.60. The third-order valence-corrected chi connectivity index (χ3v) is 4.41. The van der Waals surface area contributed by atoms with Gasteiger partial charge in [0.05, 0.1) is 12.2 Å². The largest absolute Gasteiger partial charge is 0.441 e. The summed E-state index contributed by atoms with van der Waals surface area (Å²) in [6, 6.07) is 16.3. The van der Waals surface area contributed by atoms with Crippen LogP contribution >= 0.6 is 0 Å². The van der Waals surface area contributed by atoms with Gasteiger partial charge in [0.2, 0.25) is 5.91 Å². The highest BCUT2D eigenvalue weighted by Gasteiger charge is 2.12. The van der Waals surface area contributed by atoms with Gasteiger partial charge in [-0.05, 0) is 26.3 Å². The van der Waals surface area contributed by atoms with Crippen molar-refractivity contribution in [2.24, 2.45) is 0 Å². The van der Waals surface area contributed by atoms with E-state index in [1.807, 2.05) is 57.2 Å². The van der Waals surface area contributed by atoms with Crippen LogP contribution in [0.5, 0.6) is 0 Å². The van der Waals surface area contributed by atoms with E-state index >= 15 is 0 Å². The van der Waals surface area contributed by atoms with Gasteiger partial charge in [-0.25, -0.2) is 4.98 Å². The van der Waals surface area contributed by atoms with E-state index in [1.165, 1.54) is 11.1 Å². The second-order valence-electron chi connectivity index (χ2n) is 6.68. The minimum Gasteiger partial charge on any atom is -0.441 e. The molecule has 134 valence electrons. The maximum Gasteiger partial charge on any atom is 0.220 e. The number of rotatable bonds is 6. The first-order valence-corrected chi connectivity index (χ1v) is 8.89. The predicted molar refractivity (Wildman–Crippen MR) is 103 cm³/mol. The van der Waals surface area contributed by atoms with Gasteiger partial charge in [-0.3, -0.25) is 4.79 Å². The van der Waals surface area contributed by atoms with E-state index in [2.05, 4.69) is 22.4 Å². The molecule has 26 heavy (non-hydrogen) atoms. The summed E-state index contributed by atoms with van der Waals surface area (Å²) >= 11 is 0. The molecule has 1 aromatic heterocycles. The van der Waals surface area contributed by atoms with E-state index in [0.29, 0.717) is 18.7 Å². The molecule has 0 saturated carbocycles. The van der Waals surface area contributed by atoms with Gasteiger partial charge in [-0.1, -0.05) is 59.7 Å². The zero-order valence-corrected chi connectivity index (χ0v) is 15.5. The molecule has 1 atom stereocenters. The van der Waals surface area contributed by atoms with Crippen molar-refractivity contribution < 1.29 is 9.21 Å². The summed E-state index contributed by atoms with van der Waals surface area (Å²) in [7, 11) is 0. The molecule has 0 aliphatic carbocycles. The summed E-state index contributed by atoms with van der Waals surface area (Å²) in [4.78, 5) is 16.5. The number of hydrogen-bond acceptors (Lipinski definition) is 3. The molecular weight excluding hydrogens is 324 g/mol. The van der Waals surface area contributed by atoms with Crippen LogP contribution in [-0.4, -0.2) is 10.9 Å². The number of aromatic nitrogens is 1. The number of nitrogens with zero attached hydrogens (tertiary/aromatic N) is 1. The number of carbonyl (C=O) groups excluding carboxylic acids is 1. The lowest BCUT2D eigenvalue weighted by Gasteiger charge is -2.14. The standard InChI is InChI=1S/C22H24N2O2/c1-15-4-8-18(9-5-15)17(3)24-21(25)12-13-22-23-14-20(26-22)19-10-6-16(2)7-11-19/h4-11,14,17H,12-13H2,1-3H3,(H,24,25). The maximum atomic E-state index is 12.2. The normalized spacial score (nSPS) is 12.0. The summed E-state index contributed by atoms with van der Waals surface area (Å²) in [6.07, 6.45) is 2.55. The molecule has 4 heteroatoms. The van der Waals surface area contributed by atoms with E-state index in [4.69, 9.17) is 4.42 Å². The van der Waals surface area contributed by atoms with Crippen molar-refractivity contribution in [3.63, 3.8) is 0 Å². The fourth-order valence-corrected chi connectivity index (χ4v) is 2.75. The van der Waals surface area contributed by atoms with Gasteiger partial charge in [0, 0.05) is 18.4 Å². The van der Waals surface area contributed by atoms with E-state index in [0.717, 1.165) is 16.9 Å². The molecule has 2 aromatic carbocycles. The predicted octanol–water partition coefficient (Wildman–Crippen LogP) is 4.77. The molecule has 0 spiro atoms. The van der Waals surface area contributed by atoms with Crippen LogP contribution in [0.25, 0.3) is 11.3 Å². The first-order valence-electron chi connectivity index (χ1n) is 8.89. The van der Waals surface area contributed by atoms with Crippen LogP contribution in [0.15, 0.2) is 59.1 Å². The van der Waals surface area contributed by atoms with Gasteiger partial charge in [-0.2, -0.15) is 0 Å². The Balaban J connectivity index is 1.53. The minimum atomic E-state index is -0.0178. The van der Waals surface area contributed by atoms with Crippen LogP contribution in [0.4, 0.5) is 0 Å². The van der Waals surface area contributed by atoms with Crippen molar-refractivity contribution >= 4 is 5.91 Å². The van der Waals surface area contributed by atoms with Crippen LogP contribution in [0.3, 0.4) is 0 Å². The highest BCUT2D eigenvalue weighted by Crippen LogP contribution is 2.21. The zero-order valence-electron chi connectivity index (χ0n) is 15.5. The van der Waals surface area contributed by atoms with Crippen LogP contribution < -0.4 is 5.32 Å². The minimum absolute atomic E-state index is 0.00633. The topological polar surface area (TPSA) is 55.1 Å². The van der Waals surface area contributed by atoms with E-state index < -0.39 is 0 Å². The number of carbonyl (C=O) groups is 1. The lowest BCUT2D eigenvalue weighted by molar-refractivity contribution is -0.121. The Labute approximate surface area is 154 Å². The SMILES string of the molecule is Cc1ccc(-c2cnc(CCC(=O)NC(C)c3ccc(C)cc3)o2)cc1. The molecule has 0 radical (unpaired) electrons. The first kappa shape index (κ1) is 17.9. The van der Waals surface area contributed by atoms with Crippen molar-refractivity contribution in [2.75, 3.05) is 0 Å². The highest BCUT2D eigenvalue weighted by molar-refractivity contribution is 5.76. The molecule has 0 saturated heterocycles. The summed E-state index contributed by atoms with van der Waals surface area (Å²) in [6.45, 7) is 6.09. The van der Waals surface area contributed by atoms with E-state index in [1.54, 1.807) is 6.20 Å². The number of aryl methyl sites for hydroxylation is 3. The number of nitrogens with one attached hydrogen (secondary N) is 1. The first-order chi connectivity index (χ1) is 12.5. The molecular formula is C22H24N2O2. The monoisotopic (exact) mass is 348 g/mol. The molecule has 4 nitrogen and oxygen atoms in total. The van der Waals surface area contributed by atoms with Gasteiger partial charge in [0.1, 0.15) is 0 Å². The Morgan fingerprint density at radius 2 is 1.65 bits per heavy atom. The van der Waals surface area contributed by atoms with Crippen LogP contribution in [0.2, 0.25) is 0 Å². The molecule has 1 heterocycles. The Morgan fingerprint density at radius 3 is 2.31 bits per heavy atom. The van der Waals surface area contributed by atoms with Gasteiger partial charge in [-0.15, -0.1) is 0 Å². The lowest BCUT2D eigenvalue weighted by Crippen LogP contribution is -2.26. The van der Waals surface area contributed by atoms with Crippen LogP contribution in [0, 0.1) is 13.8 Å². The number of benzene rings is 2. The summed E-state index contributed by atoms with van der Waals surface area (Å²) in [5, 5.41) is 3.02. The van der Waals surface area contributed by atoms with Crippen molar-refractivity contribution in [3.05, 3.63) is 77.3 Å². The Morgan fingerprint density at radius 1 is 1.04 bits per heavy atom. The summed E-state index contributed by atoms with van der Waals surface area (Å²) in [5.74, 6) is 1.31. The number of hydrogen-bond donors (Lipinski definition) is 1. The molecule has 0 fully saturated rings. The molecule has 3 rings (SSSR count). The Kier molecular flexibility index (Phi) is 5.52. The summed E-state index contributed by atoms with van der Waals surface area (Å²) < 4.78 is 5.77. The molecule has 0 aliphatic heterocycles. The lowest BCUT2D eigenvalue weighted by atomic mass is 10.1. The molecule has 0 bridgehead atoms. The van der Waals surface area contributed by atoms with Crippen LogP contribution in [0.1, 0.15) is 42.0 Å². The molecule has 3 aromatic rings. The van der Waals surface area contributed by atoms with Crippen molar-refractivity contribution in [1.82, 2.24) is 10.3 Å². The summed E-state index contributed by atoms with van der Waals surface area (Å²) in [5.41, 5.74) is 4.50. The number of amides is 1. The molecule has 0 aliphatic rings. The Bertz CT molecular complexity index is 864. The highest BCUT2D eigenvalue weighted by atomic mass is 16.4. The fourth-order valence-electron chi connectivity index (χ4n) is 2.75. The Hall–Kier alpha value is -2.88. The van der Waals surface area contributed by atoms with Crippen molar-refractivity contribution in [3.8, 4) is 11.3 Å². The second-order valence-corrected chi connectivity index (χ2v) is 6.68. The quantitative estimate of drug-likeness (QED) is 0.698. The van der Waals surface area contributed by atoms with E-state index in [9.17, 15) is 4.79 Å². The third-order valence-electron chi connectivity index (χ3n) is 4.41. The second kappa shape index (κ2) is 8.00. The van der Waals surface area contributed by atoms with Gasteiger partial charge < -0.3 is 9.73 Å². The molecule has 1 unspecified atom stereocenters. The molecule has 1 amide bonds. The maximum absolute atomic E-state index is 12.2. The van der Waals surface area contributed by atoms with Crippen molar-refractivity contribution in [1.29, 1.82) is 0 Å². The zero-order chi connectivity index (χ0) is 18.5. The smallest absolute Gasteiger partial charge is 0.220 e. The van der Waals surface area contributed by atoms with Gasteiger partial charge in [0.25, 0.3) is 0 Å². The molecule has 1 N–H and O–H groups in total.